The molecule has 0 unspecified atom stereocenters. The van der Waals surface area contributed by atoms with Gasteiger partial charge in [-0.1, -0.05) is 30.3 Å². The fourth-order valence-electron chi connectivity index (χ4n) is 3.17. The molecule has 0 spiro atoms. The SMILES string of the molecule is O=C1c2ccccc2C(=O)N1CCC[C@H]1O[C@@H]1CSc1ccccc1. The highest BCUT2D eigenvalue weighted by Crippen LogP contribution is 2.32. The maximum absolute atomic E-state index is 12.3. The Labute approximate surface area is 151 Å². The molecule has 2 aromatic carbocycles. The second-order valence-electron chi connectivity index (χ2n) is 6.29. The summed E-state index contributed by atoms with van der Waals surface area (Å²) in [5.74, 6) is 0.601. The van der Waals surface area contributed by atoms with Crippen molar-refractivity contribution in [3.05, 3.63) is 65.7 Å². The van der Waals surface area contributed by atoms with E-state index in [0.29, 0.717) is 17.7 Å². The fraction of sp³-hybridized carbons (Fsp3) is 0.300. The minimum Gasteiger partial charge on any atom is -0.369 e. The van der Waals surface area contributed by atoms with E-state index in [0.717, 1.165) is 18.6 Å². The molecule has 2 amide bonds. The van der Waals surface area contributed by atoms with Crippen molar-refractivity contribution in [1.82, 2.24) is 4.90 Å². The van der Waals surface area contributed by atoms with Gasteiger partial charge in [-0.25, -0.2) is 0 Å². The molecule has 2 heterocycles. The van der Waals surface area contributed by atoms with Gasteiger partial charge in [-0.05, 0) is 37.1 Å². The Morgan fingerprint density at radius 1 is 0.880 bits per heavy atom. The molecule has 2 aromatic rings. The summed E-state index contributed by atoms with van der Waals surface area (Å²) in [7, 11) is 0. The number of carbonyl (C=O) groups excluding carboxylic acids is 2. The maximum atomic E-state index is 12.3. The van der Waals surface area contributed by atoms with Gasteiger partial charge in [0.15, 0.2) is 0 Å². The topological polar surface area (TPSA) is 49.9 Å². The number of thioether (sulfide) groups is 1. The number of amides is 2. The van der Waals surface area contributed by atoms with Crippen molar-refractivity contribution in [1.29, 1.82) is 0 Å². The molecule has 0 aliphatic carbocycles. The molecule has 128 valence electrons. The molecule has 5 heteroatoms. The molecule has 2 atom stereocenters. The monoisotopic (exact) mass is 353 g/mol. The summed E-state index contributed by atoms with van der Waals surface area (Å²) in [6.07, 6.45) is 2.20. The highest BCUT2D eigenvalue weighted by atomic mass is 32.2. The number of epoxide rings is 1. The van der Waals surface area contributed by atoms with Crippen LogP contribution in [0.25, 0.3) is 0 Å². The summed E-state index contributed by atoms with van der Waals surface area (Å²) in [6, 6.07) is 17.3. The van der Waals surface area contributed by atoms with E-state index >= 15 is 0 Å². The van der Waals surface area contributed by atoms with E-state index in [4.69, 9.17) is 4.74 Å². The van der Waals surface area contributed by atoms with Gasteiger partial charge in [0.25, 0.3) is 11.8 Å². The summed E-state index contributed by atoms with van der Waals surface area (Å²) in [5.41, 5.74) is 1.04. The van der Waals surface area contributed by atoms with E-state index < -0.39 is 0 Å². The molecule has 4 rings (SSSR count). The van der Waals surface area contributed by atoms with Gasteiger partial charge in [0.2, 0.25) is 0 Å². The van der Waals surface area contributed by atoms with Gasteiger partial charge >= 0.3 is 0 Å². The van der Waals surface area contributed by atoms with Crippen molar-refractivity contribution in [3.63, 3.8) is 0 Å². The molecule has 0 aromatic heterocycles. The van der Waals surface area contributed by atoms with E-state index in [-0.39, 0.29) is 24.0 Å². The average Bonchev–Trinajstić information content (AvgIpc) is 3.36. The molecule has 0 saturated carbocycles. The van der Waals surface area contributed by atoms with E-state index in [1.807, 2.05) is 18.2 Å². The summed E-state index contributed by atoms with van der Waals surface area (Å²) >= 11 is 1.80. The zero-order chi connectivity index (χ0) is 17.2. The maximum Gasteiger partial charge on any atom is 0.261 e. The van der Waals surface area contributed by atoms with E-state index in [2.05, 4.69) is 12.1 Å². The first-order chi connectivity index (χ1) is 12.2. The van der Waals surface area contributed by atoms with Crippen LogP contribution in [0.5, 0.6) is 0 Å². The second-order valence-corrected chi connectivity index (χ2v) is 7.38. The number of fused-ring (bicyclic) bond motifs is 1. The lowest BCUT2D eigenvalue weighted by molar-refractivity contribution is 0.0650. The summed E-state index contributed by atoms with van der Waals surface area (Å²) in [5, 5.41) is 0. The normalized spacial score (nSPS) is 21.5. The Kier molecular flexibility index (Phi) is 4.59. The van der Waals surface area contributed by atoms with Gasteiger partial charge in [0.05, 0.1) is 23.3 Å². The second kappa shape index (κ2) is 7.02. The molecular formula is C20H19NO3S. The zero-order valence-electron chi connectivity index (χ0n) is 13.8. The van der Waals surface area contributed by atoms with Crippen LogP contribution in [0.1, 0.15) is 33.6 Å². The Morgan fingerprint density at radius 2 is 1.52 bits per heavy atom. The van der Waals surface area contributed by atoms with Crippen LogP contribution in [0.2, 0.25) is 0 Å². The molecule has 0 N–H and O–H groups in total. The first-order valence-corrected chi connectivity index (χ1v) is 9.51. The third kappa shape index (κ3) is 3.48. The van der Waals surface area contributed by atoms with Crippen LogP contribution < -0.4 is 0 Å². The van der Waals surface area contributed by atoms with Crippen LogP contribution in [-0.4, -0.2) is 41.2 Å². The largest absolute Gasteiger partial charge is 0.369 e. The van der Waals surface area contributed by atoms with Crippen LogP contribution >= 0.6 is 11.8 Å². The Balaban J connectivity index is 1.21. The lowest BCUT2D eigenvalue weighted by atomic mass is 10.1. The summed E-state index contributed by atoms with van der Waals surface area (Å²) < 4.78 is 5.71. The van der Waals surface area contributed by atoms with Crippen LogP contribution in [0, 0.1) is 0 Å². The van der Waals surface area contributed by atoms with Gasteiger partial charge in [0, 0.05) is 17.2 Å². The van der Waals surface area contributed by atoms with Gasteiger partial charge in [-0.2, -0.15) is 0 Å². The average molecular weight is 353 g/mol. The quantitative estimate of drug-likeness (QED) is 0.433. The molecule has 0 bridgehead atoms. The standard InChI is InChI=1S/C20H19NO3S/c22-19-15-9-4-5-10-16(15)20(23)21(19)12-6-11-17-18(24-17)13-25-14-7-2-1-3-8-14/h1-5,7-10,17-18H,6,11-13H2/t17-,18-/m1/s1. The Morgan fingerprint density at radius 3 is 2.20 bits per heavy atom. The van der Waals surface area contributed by atoms with E-state index in [1.165, 1.54) is 9.80 Å². The lowest BCUT2D eigenvalue weighted by Gasteiger charge is -2.12. The minimum atomic E-state index is -0.173. The minimum absolute atomic E-state index is 0.173. The van der Waals surface area contributed by atoms with Gasteiger partial charge in [-0.15, -0.1) is 11.8 Å². The Hall–Kier alpha value is -2.11. The van der Waals surface area contributed by atoms with E-state index in [9.17, 15) is 9.59 Å². The zero-order valence-corrected chi connectivity index (χ0v) is 14.6. The smallest absolute Gasteiger partial charge is 0.261 e. The summed E-state index contributed by atoms with van der Waals surface area (Å²) in [6.45, 7) is 0.463. The van der Waals surface area contributed by atoms with Crippen LogP contribution in [0.15, 0.2) is 59.5 Å². The third-order valence-corrected chi connectivity index (χ3v) is 5.69. The molecule has 1 fully saturated rings. The highest BCUT2D eigenvalue weighted by Gasteiger charge is 2.39. The number of ether oxygens (including phenoxy) is 1. The third-order valence-electron chi connectivity index (χ3n) is 4.59. The van der Waals surface area contributed by atoms with Gasteiger partial charge < -0.3 is 4.74 Å². The number of benzene rings is 2. The van der Waals surface area contributed by atoms with Crippen LogP contribution in [-0.2, 0) is 4.74 Å². The van der Waals surface area contributed by atoms with Crippen molar-refractivity contribution >= 4 is 23.6 Å². The molecule has 4 nitrogen and oxygen atoms in total. The molecule has 1 saturated heterocycles. The molecule has 0 radical (unpaired) electrons. The predicted octanol–water partition coefficient (Wildman–Crippen LogP) is 3.62. The van der Waals surface area contributed by atoms with Crippen molar-refractivity contribution in [2.24, 2.45) is 0 Å². The van der Waals surface area contributed by atoms with Gasteiger partial charge in [-0.3, -0.25) is 14.5 Å². The molecule has 25 heavy (non-hydrogen) atoms. The van der Waals surface area contributed by atoms with Crippen LogP contribution in [0.4, 0.5) is 0 Å². The number of imide groups is 1. The van der Waals surface area contributed by atoms with Crippen molar-refractivity contribution in [2.75, 3.05) is 12.3 Å². The molecular weight excluding hydrogens is 334 g/mol. The molecule has 2 aliphatic rings. The first-order valence-electron chi connectivity index (χ1n) is 8.52. The summed E-state index contributed by atoms with van der Waals surface area (Å²) in [4.78, 5) is 27.2. The predicted molar refractivity (Wildman–Crippen MR) is 96.9 cm³/mol. The lowest BCUT2D eigenvalue weighted by Crippen LogP contribution is -2.30. The number of nitrogens with zero attached hydrogens (tertiary/aromatic N) is 1. The fourth-order valence-corrected chi connectivity index (χ4v) is 4.17. The number of carbonyl (C=O) groups is 2. The highest BCUT2D eigenvalue weighted by molar-refractivity contribution is 7.99. The number of hydrogen-bond donors (Lipinski definition) is 0. The van der Waals surface area contributed by atoms with Crippen molar-refractivity contribution in [2.45, 2.75) is 29.9 Å². The number of hydrogen-bond acceptors (Lipinski definition) is 4. The Bertz CT molecular complexity index is 758. The molecule has 2 aliphatic heterocycles. The van der Waals surface area contributed by atoms with Gasteiger partial charge in [0.1, 0.15) is 0 Å². The van der Waals surface area contributed by atoms with E-state index in [1.54, 1.807) is 36.0 Å². The van der Waals surface area contributed by atoms with Crippen molar-refractivity contribution in [3.8, 4) is 0 Å². The van der Waals surface area contributed by atoms with Crippen LogP contribution in [0.3, 0.4) is 0 Å². The first kappa shape index (κ1) is 16.4. The number of rotatable bonds is 7. The van der Waals surface area contributed by atoms with Crippen molar-refractivity contribution < 1.29 is 14.3 Å².